The first-order chi connectivity index (χ1) is 7.59. The van der Waals surface area contributed by atoms with Gasteiger partial charge in [-0.2, -0.15) is 0 Å². The van der Waals surface area contributed by atoms with E-state index in [9.17, 15) is 10.0 Å². The second-order valence-electron chi connectivity index (χ2n) is 4.04. The Morgan fingerprint density at radius 2 is 2.25 bits per heavy atom. The molecule has 1 aromatic rings. The number of nitrogens with zero attached hydrogens (tertiary/aromatic N) is 1. The van der Waals surface area contributed by atoms with E-state index in [2.05, 4.69) is 22.0 Å². The Morgan fingerprint density at radius 3 is 2.88 bits per heavy atom. The Bertz CT molecular complexity index is 411. The van der Waals surface area contributed by atoms with Crippen LogP contribution < -0.4 is 5.73 Å². The summed E-state index contributed by atoms with van der Waals surface area (Å²) in [6.45, 7) is 0.307. The normalized spacial score (nSPS) is 22.9. The molecule has 1 fully saturated rings. The Hall–Kier alpha value is -1.07. The maximum absolute atomic E-state index is 10.7. The van der Waals surface area contributed by atoms with Crippen molar-refractivity contribution >= 4 is 22.0 Å². The highest BCUT2D eigenvalue weighted by Crippen LogP contribution is 2.49. The Balaban J connectivity index is 1.97. The number of hydrogen-bond acceptors (Lipinski definition) is 2. The van der Waals surface area contributed by atoms with Crippen LogP contribution in [0.15, 0.2) is 28.7 Å². The van der Waals surface area contributed by atoms with E-state index >= 15 is 0 Å². The molecule has 2 rings (SSSR count). The number of nitrogens with two attached hydrogens (primary N) is 1. The lowest BCUT2D eigenvalue weighted by atomic mass is 10.1. The lowest BCUT2D eigenvalue weighted by Gasteiger charge is -2.11. The zero-order valence-electron chi connectivity index (χ0n) is 8.64. The van der Waals surface area contributed by atoms with E-state index in [4.69, 9.17) is 5.73 Å². The third kappa shape index (κ3) is 2.36. The highest BCUT2D eigenvalue weighted by Gasteiger charge is 2.40. The van der Waals surface area contributed by atoms with E-state index in [0.717, 1.165) is 10.9 Å². The standard InChI is InChI=1S/C11H13BrN2O2/c12-10-4-2-1-3-8(10)9-5-7(9)6-14(16)11(13)15/h1-4,7,9,16H,5-6H2,(H2,13,15)/t7-,9+/m0/s1. The number of carbonyl (C=O) groups excluding carboxylic acids is 1. The van der Waals surface area contributed by atoms with Gasteiger partial charge in [0.05, 0.1) is 6.54 Å². The van der Waals surface area contributed by atoms with Crippen LogP contribution in [-0.4, -0.2) is 22.8 Å². The van der Waals surface area contributed by atoms with E-state index in [1.807, 2.05) is 18.2 Å². The van der Waals surface area contributed by atoms with Crippen LogP contribution in [0.2, 0.25) is 0 Å². The van der Waals surface area contributed by atoms with Crippen molar-refractivity contribution in [2.75, 3.05) is 6.54 Å². The van der Waals surface area contributed by atoms with Crippen LogP contribution in [0.25, 0.3) is 0 Å². The first kappa shape index (κ1) is 11.4. The third-order valence-electron chi connectivity index (χ3n) is 2.89. The van der Waals surface area contributed by atoms with Gasteiger partial charge in [0.1, 0.15) is 0 Å². The molecule has 5 heteroatoms. The summed E-state index contributed by atoms with van der Waals surface area (Å²) in [6.07, 6.45) is 0.979. The molecular weight excluding hydrogens is 272 g/mol. The fraction of sp³-hybridized carbons (Fsp3) is 0.364. The number of benzene rings is 1. The maximum atomic E-state index is 10.7. The number of hydrogen-bond donors (Lipinski definition) is 2. The summed E-state index contributed by atoms with van der Waals surface area (Å²) in [5, 5.41) is 9.80. The second kappa shape index (κ2) is 4.43. The van der Waals surface area contributed by atoms with Gasteiger partial charge in [0.15, 0.2) is 0 Å². The molecule has 2 atom stereocenters. The second-order valence-corrected chi connectivity index (χ2v) is 4.90. The Kier molecular flexibility index (Phi) is 3.16. The first-order valence-corrected chi connectivity index (χ1v) is 5.89. The van der Waals surface area contributed by atoms with Gasteiger partial charge in [0.2, 0.25) is 0 Å². The topological polar surface area (TPSA) is 66.6 Å². The summed E-state index contributed by atoms with van der Waals surface area (Å²) in [4.78, 5) is 10.7. The van der Waals surface area contributed by atoms with Gasteiger partial charge >= 0.3 is 6.03 Å². The minimum absolute atomic E-state index is 0.302. The molecule has 0 bridgehead atoms. The van der Waals surface area contributed by atoms with Gasteiger partial charge in [-0.05, 0) is 29.9 Å². The molecule has 16 heavy (non-hydrogen) atoms. The molecule has 0 unspecified atom stereocenters. The number of amides is 2. The van der Waals surface area contributed by atoms with Crippen LogP contribution in [0.5, 0.6) is 0 Å². The molecule has 1 saturated carbocycles. The van der Waals surface area contributed by atoms with Crippen LogP contribution in [-0.2, 0) is 0 Å². The summed E-state index contributed by atoms with van der Waals surface area (Å²) >= 11 is 3.49. The number of halogens is 1. The van der Waals surface area contributed by atoms with Gasteiger partial charge in [-0.3, -0.25) is 5.21 Å². The first-order valence-electron chi connectivity index (χ1n) is 5.10. The molecule has 1 aliphatic rings. The zero-order chi connectivity index (χ0) is 11.7. The highest BCUT2D eigenvalue weighted by atomic mass is 79.9. The van der Waals surface area contributed by atoms with Gasteiger partial charge in [-0.25, -0.2) is 9.86 Å². The third-order valence-corrected chi connectivity index (χ3v) is 3.61. The van der Waals surface area contributed by atoms with E-state index in [-0.39, 0.29) is 0 Å². The molecule has 0 heterocycles. The molecule has 1 aliphatic carbocycles. The fourth-order valence-electron chi connectivity index (χ4n) is 1.92. The molecule has 0 radical (unpaired) electrons. The van der Waals surface area contributed by atoms with E-state index in [0.29, 0.717) is 23.4 Å². The van der Waals surface area contributed by atoms with Crippen LogP contribution in [0.4, 0.5) is 4.79 Å². The van der Waals surface area contributed by atoms with E-state index in [1.165, 1.54) is 5.56 Å². The summed E-state index contributed by atoms with van der Waals surface area (Å²) in [7, 11) is 0. The number of hydroxylamine groups is 2. The lowest BCUT2D eigenvalue weighted by molar-refractivity contribution is -0.0431. The van der Waals surface area contributed by atoms with Crippen LogP contribution in [0, 0.1) is 5.92 Å². The monoisotopic (exact) mass is 284 g/mol. The minimum Gasteiger partial charge on any atom is -0.350 e. The molecular formula is C11H13BrN2O2. The van der Waals surface area contributed by atoms with E-state index in [1.54, 1.807) is 0 Å². The molecule has 4 nitrogen and oxygen atoms in total. The average Bonchev–Trinajstić information content (AvgIpc) is 2.97. The van der Waals surface area contributed by atoms with Crippen LogP contribution >= 0.6 is 15.9 Å². The molecule has 0 aliphatic heterocycles. The van der Waals surface area contributed by atoms with Gasteiger partial charge < -0.3 is 5.73 Å². The van der Waals surface area contributed by atoms with Gasteiger partial charge in [-0.1, -0.05) is 34.1 Å². The largest absolute Gasteiger partial charge is 0.350 e. The van der Waals surface area contributed by atoms with Crippen molar-refractivity contribution in [1.29, 1.82) is 0 Å². The number of urea groups is 1. The van der Waals surface area contributed by atoms with E-state index < -0.39 is 6.03 Å². The minimum atomic E-state index is -0.794. The van der Waals surface area contributed by atoms with Crippen molar-refractivity contribution in [1.82, 2.24) is 5.06 Å². The number of rotatable bonds is 3. The van der Waals surface area contributed by atoms with Gasteiger partial charge in [-0.15, -0.1) is 0 Å². The molecule has 0 saturated heterocycles. The number of primary amides is 1. The molecule has 0 aromatic heterocycles. The van der Waals surface area contributed by atoms with Crippen molar-refractivity contribution in [3.8, 4) is 0 Å². The van der Waals surface area contributed by atoms with Gasteiger partial charge in [0.25, 0.3) is 0 Å². The SMILES string of the molecule is NC(=O)N(O)C[C@@H]1C[C@H]1c1ccccc1Br. The van der Waals surface area contributed by atoms with Crippen molar-refractivity contribution in [2.45, 2.75) is 12.3 Å². The molecule has 2 amide bonds. The Morgan fingerprint density at radius 1 is 1.56 bits per heavy atom. The molecule has 3 N–H and O–H groups in total. The van der Waals surface area contributed by atoms with Crippen molar-refractivity contribution < 1.29 is 10.0 Å². The van der Waals surface area contributed by atoms with Gasteiger partial charge in [0, 0.05) is 4.47 Å². The van der Waals surface area contributed by atoms with Crippen molar-refractivity contribution in [3.05, 3.63) is 34.3 Å². The Labute approximate surface area is 102 Å². The predicted molar refractivity (Wildman–Crippen MR) is 63.1 cm³/mol. The quantitative estimate of drug-likeness (QED) is 0.661. The average molecular weight is 285 g/mol. The van der Waals surface area contributed by atoms with Crippen molar-refractivity contribution in [2.24, 2.45) is 11.7 Å². The summed E-state index contributed by atoms with van der Waals surface area (Å²) in [5.74, 6) is 0.709. The molecule has 86 valence electrons. The van der Waals surface area contributed by atoms with Crippen LogP contribution in [0.3, 0.4) is 0 Å². The van der Waals surface area contributed by atoms with Crippen molar-refractivity contribution in [3.63, 3.8) is 0 Å². The highest BCUT2D eigenvalue weighted by molar-refractivity contribution is 9.10. The number of carbonyl (C=O) groups is 1. The summed E-state index contributed by atoms with van der Waals surface area (Å²) < 4.78 is 1.08. The summed E-state index contributed by atoms with van der Waals surface area (Å²) in [6, 6.07) is 7.21. The molecule has 0 spiro atoms. The molecule has 1 aromatic carbocycles. The predicted octanol–water partition coefficient (Wildman–Crippen LogP) is 2.32. The van der Waals surface area contributed by atoms with Crippen LogP contribution in [0.1, 0.15) is 17.9 Å². The summed E-state index contributed by atoms with van der Waals surface area (Å²) in [5.41, 5.74) is 6.18. The lowest BCUT2D eigenvalue weighted by Crippen LogP contribution is -2.34. The fourth-order valence-corrected chi connectivity index (χ4v) is 2.50. The smallest absolute Gasteiger partial charge is 0.338 e. The zero-order valence-corrected chi connectivity index (χ0v) is 10.2. The maximum Gasteiger partial charge on any atom is 0.338 e.